The molecule has 2 rings (SSSR count). The minimum atomic E-state index is 0.178. The Hall–Kier alpha value is -0.560. The molecule has 0 amide bonds. The number of epoxide rings is 1. The van der Waals surface area contributed by atoms with E-state index in [4.69, 9.17) is 4.74 Å². The van der Waals surface area contributed by atoms with Crippen molar-refractivity contribution in [2.45, 2.75) is 65.1 Å². The zero-order valence-corrected chi connectivity index (χ0v) is 11.0. The Bertz CT molecular complexity index is 324. The van der Waals surface area contributed by atoms with E-state index in [0.29, 0.717) is 11.5 Å². The van der Waals surface area contributed by atoms with Crippen LogP contribution in [0.2, 0.25) is 0 Å². The maximum absolute atomic E-state index is 5.85. The van der Waals surface area contributed by atoms with Crippen LogP contribution in [0.5, 0.6) is 0 Å². The fraction of sp³-hybridized carbons (Fsp3) is 0.733. The molecule has 0 saturated carbocycles. The number of rotatable bonds is 0. The molecule has 2 atom stereocenters. The summed E-state index contributed by atoms with van der Waals surface area (Å²) >= 11 is 0. The first-order valence-electron chi connectivity index (χ1n) is 6.45. The van der Waals surface area contributed by atoms with Gasteiger partial charge in [0, 0.05) is 0 Å². The lowest BCUT2D eigenvalue weighted by molar-refractivity contribution is 0.287. The number of fused-ring (bicyclic) bond motifs is 1. The van der Waals surface area contributed by atoms with E-state index in [1.54, 1.807) is 0 Å². The van der Waals surface area contributed by atoms with Gasteiger partial charge in [-0.1, -0.05) is 37.6 Å². The molecule has 2 unspecified atom stereocenters. The molecule has 0 radical (unpaired) electrons. The van der Waals surface area contributed by atoms with E-state index in [1.807, 2.05) is 0 Å². The second-order valence-electron chi connectivity index (χ2n) is 6.27. The van der Waals surface area contributed by atoms with Crippen molar-refractivity contribution in [2.24, 2.45) is 5.41 Å². The van der Waals surface area contributed by atoms with Crippen LogP contribution in [0.3, 0.4) is 0 Å². The summed E-state index contributed by atoms with van der Waals surface area (Å²) in [7, 11) is 0. The number of allylic oxidation sites excluding steroid dienone is 4. The lowest BCUT2D eigenvalue weighted by atomic mass is 9.85. The molecule has 1 heteroatoms. The Morgan fingerprint density at radius 1 is 1.25 bits per heavy atom. The predicted molar refractivity (Wildman–Crippen MR) is 68.4 cm³/mol. The van der Waals surface area contributed by atoms with E-state index in [9.17, 15) is 0 Å². The molecule has 0 bridgehead atoms. The van der Waals surface area contributed by atoms with Crippen LogP contribution < -0.4 is 0 Å². The van der Waals surface area contributed by atoms with Crippen LogP contribution >= 0.6 is 0 Å². The summed E-state index contributed by atoms with van der Waals surface area (Å²) in [6.45, 7) is 9.08. The van der Waals surface area contributed by atoms with Crippen molar-refractivity contribution >= 4 is 0 Å². The maximum Gasteiger partial charge on any atom is 0.0923 e. The van der Waals surface area contributed by atoms with Gasteiger partial charge in [-0.2, -0.15) is 0 Å². The van der Waals surface area contributed by atoms with E-state index in [1.165, 1.54) is 24.8 Å². The largest absolute Gasteiger partial charge is 0.366 e. The van der Waals surface area contributed by atoms with E-state index >= 15 is 0 Å². The van der Waals surface area contributed by atoms with Gasteiger partial charge in [-0.15, -0.1) is 0 Å². The minimum Gasteiger partial charge on any atom is -0.366 e. The SMILES string of the molecule is CC1=C\CCC2(C)OC2CCC(C)(C)\C=C\1. The molecular formula is C15H24O. The monoisotopic (exact) mass is 220 g/mol. The highest BCUT2D eigenvalue weighted by atomic mass is 16.6. The lowest BCUT2D eigenvalue weighted by Gasteiger charge is -2.19. The van der Waals surface area contributed by atoms with E-state index in [-0.39, 0.29) is 5.60 Å². The molecule has 1 heterocycles. The Morgan fingerprint density at radius 3 is 2.75 bits per heavy atom. The first-order valence-corrected chi connectivity index (χ1v) is 6.45. The molecule has 1 aliphatic heterocycles. The van der Waals surface area contributed by atoms with Crippen molar-refractivity contribution in [1.82, 2.24) is 0 Å². The van der Waals surface area contributed by atoms with Crippen LogP contribution in [0, 0.1) is 5.41 Å². The topological polar surface area (TPSA) is 12.5 Å². The molecule has 1 nitrogen and oxygen atoms in total. The molecule has 0 spiro atoms. The summed E-state index contributed by atoms with van der Waals surface area (Å²) < 4.78 is 5.85. The summed E-state index contributed by atoms with van der Waals surface area (Å²) in [4.78, 5) is 0. The summed E-state index contributed by atoms with van der Waals surface area (Å²) in [5.41, 5.74) is 1.86. The van der Waals surface area contributed by atoms with E-state index in [2.05, 4.69) is 45.9 Å². The van der Waals surface area contributed by atoms with Gasteiger partial charge in [-0.05, 0) is 44.9 Å². The average molecular weight is 220 g/mol. The molecule has 16 heavy (non-hydrogen) atoms. The third-order valence-electron chi connectivity index (χ3n) is 3.99. The van der Waals surface area contributed by atoms with Crippen molar-refractivity contribution in [3.8, 4) is 0 Å². The highest BCUT2D eigenvalue weighted by molar-refractivity contribution is 5.19. The Labute approximate surface area is 99.6 Å². The van der Waals surface area contributed by atoms with Crippen molar-refractivity contribution in [3.63, 3.8) is 0 Å². The molecule has 0 N–H and O–H groups in total. The van der Waals surface area contributed by atoms with Gasteiger partial charge in [-0.3, -0.25) is 0 Å². The van der Waals surface area contributed by atoms with Crippen LogP contribution in [-0.4, -0.2) is 11.7 Å². The van der Waals surface area contributed by atoms with Crippen molar-refractivity contribution in [3.05, 3.63) is 23.8 Å². The zero-order chi connectivity index (χ0) is 11.8. The maximum atomic E-state index is 5.85. The van der Waals surface area contributed by atoms with Crippen LogP contribution in [0.1, 0.15) is 53.4 Å². The summed E-state index contributed by atoms with van der Waals surface area (Å²) in [5, 5.41) is 0. The molecule has 90 valence electrons. The normalized spacial score (nSPS) is 43.5. The zero-order valence-electron chi connectivity index (χ0n) is 11.0. The van der Waals surface area contributed by atoms with Gasteiger partial charge < -0.3 is 4.74 Å². The second kappa shape index (κ2) is 4.03. The highest BCUT2D eigenvalue weighted by Gasteiger charge is 2.50. The van der Waals surface area contributed by atoms with Gasteiger partial charge in [0.2, 0.25) is 0 Å². The molecule has 1 aliphatic carbocycles. The van der Waals surface area contributed by atoms with Crippen LogP contribution in [0.25, 0.3) is 0 Å². The summed E-state index contributed by atoms with van der Waals surface area (Å²) in [6, 6.07) is 0. The second-order valence-corrected chi connectivity index (χ2v) is 6.27. The summed E-state index contributed by atoms with van der Waals surface area (Å²) in [5.74, 6) is 0. The van der Waals surface area contributed by atoms with Gasteiger partial charge in [0.05, 0.1) is 11.7 Å². The Balaban J connectivity index is 2.10. The molecule has 0 aromatic carbocycles. The van der Waals surface area contributed by atoms with Gasteiger partial charge in [-0.25, -0.2) is 0 Å². The number of ether oxygens (including phenoxy) is 1. The fourth-order valence-corrected chi connectivity index (χ4v) is 2.47. The third kappa shape index (κ3) is 2.76. The van der Waals surface area contributed by atoms with E-state index in [0.717, 1.165) is 6.42 Å². The lowest BCUT2D eigenvalue weighted by Crippen LogP contribution is -2.13. The third-order valence-corrected chi connectivity index (χ3v) is 3.99. The molecule has 0 aromatic rings. The van der Waals surface area contributed by atoms with Crippen LogP contribution in [-0.2, 0) is 4.74 Å². The van der Waals surface area contributed by atoms with Crippen molar-refractivity contribution < 1.29 is 4.74 Å². The molecule has 0 aromatic heterocycles. The number of hydrogen-bond donors (Lipinski definition) is 0. The van der Waals surface area contributed by atoms with Crippen LogP contribution in [0.4, 0.5) is 0 Å². The molecular weight excluding hydrogens is 196 g/mol. The van der Waals surface area contributed by atoms with Gasteiger partial charge in [0.25, 0.3) is 0 Å². The van der Waals surface area contributed by atoms with Gasteiger partial charge in [0.1, 0.15) is 0 Å². The minimum absolute atomic E-state index is 0.178. The Kier molecular flexibility index (Phi) is 3.00. The van der Waals surface area contributed by atoms with Gasteiger partial charge >= 0.3 is 0 Å². The quantitative estimate of drug-likeness (QED) is 0.556. The first kappa shape index (κ1) is 11.9. The molecule has 1 saturated heterocycles. The molecule has 1 fully saturated rings. The Morgan fingerprint density at radius 2 is 2.00 bits per heavy atom. The standard InChI is InChI=1S/C15H24O/c1-12-6-5-9-15(4)13(16-15)8-11-14(2,3)10-7-12/h6-7,10,13H,5,8-9,11H2,1-4H3/b10-7+,12-6+. The van der Waals surface area contributed by atoms with E-state index < -0.39 is 0 Å². The fourth-order valence-electron chi connectivity index (χ4n) is 2.47. The average Bonchev–Trinajstić information content (AvgIpc) is 2.84. The molecule has 2 aliphatic rings. The first-order chi connectivity index (χ1) is 7.41. The van der Waals surface area contributed by atoms with Gasteiger partial charge in [0.15, 0.2) is 0 Å². The smallest absolute Gasteiger partial charge is 0.0923 e. The number of hydrogen-bond acceptors (Lipinski definition) is 1. The van der Waals surface area contributed by atoms with Crippen molar-refractivity contribution in [2.75, 3.05) is 0 Å². The summed E-state index contributed by atoms with van der Waals surface area (Å²) in [6.07, 6.45) is 12.2. The predicted octanol–water partition coefficient (Wildman–Crippen LogP) is 4.25. The van der Waals surface area contributed by atoms with Crippen LogP contribution in [0.15, 0.2) is 23.8 Å². The van der Waals surface area contributed by atoms with Crippen molar-refractivity contribution in [1.29, 1.82) is 0 Å². The highest BCUT2D eigenvalue weighted by Crippen LogP contribution is 2.45.